The third-order valence-electron chi connectivity index (χ3n) is 3.22. The largest absolute Gasteiger partial charge is 0.707 e. The minimum atomic E-state index is -0.978. The van der Waals surface area contributed by atoms with Gasteiger partial charge in [0.15, 0.2) is 0 Å². The van der Waals surface area contributed by atoms with E-state index >= 15 is 0 Å². The van der Waals surface area contributed by atoms with Gasteiger partial charge in [-0.05, 0) is 17.0 Å². The van der Waals surface area contributed by atoms with Crippen LogP contribution in [0.2, 0.25) is 0 Å². The average molecular weight is 496 g/mol. The van der Waals surface area contributed by atoms with Gasteiger partial charge in [-0.15, -0.1) is 0 Å². The molecular weight excluding hydrogens is 458 g/mol. The minimum absolute atomic E-state index is 0.0105. The Morgan fingerprint density at radius 3 is 1.71 bits per heavy atom. The van der Waals surface area contributed by atoms with Gasteiger partial charge in [0.05, 0.1) is 5.10 Å². The maximum Gasteiger partial charge on any atom is 0.554 e. The fraction of sp³-hybridized carbons (Fsp3) is 0.364. The highest BCUT2D eigenvalue weighted by Gasteiger charge is 2.13. The maximum absolute atomic E-state index is 11.1. The van der Waals surface area contributed by atoms with Crippen LogP contribution in [0.5, 0.6) is 0 Å². The molecule has 5 N–H and O–H groups in total. The van der Waals surface area contributed by atoms with Crippen LogP contribution in [0.3, 0.4) is 0 Å². The summed E-state index contributed by atoms with van der Waals surface area (Å²) in [5, 5.41) is 50.5. The van der Waals surface area contributed by atoms with E-state index < -0.39 is 5.69 Å². The Labute approximate surface area is 204 Å². The predicted octanol–water partition coefficient (Wildman–Crippen LogP) is 2.76. The molecule has 0 saturated heterocycles. The van der Waals surface area contributed by atoms with Crippen LogP contribution in [0.25, 0.3) is 22.1 Å². The van der Waals surface area contributed by atoms with Crippen LogP contribution in [0, 0.1) is 15.6 Å². The lowest BCUT2D eigenvalue weighted by atomic mass is 10.3. The number of hydrogen-bond acceptors (Lipinski definition) is 9. The Hall–Kier alpha value is -4.10. The van der Waals surface area contributed by atoms with E-state index in [1.54, 1.807) is 36.4 Å². The van der Waals surface area contributed by atoms with Gasteiger partial charge < -0.3 is 21.4 Å². The summed E-state index contributed by atoms with van der Waals surface area (Å²) in [5.41, 5.74) is 5.47. The van der Waals surface area contributed by atoms with Crippen molar-refractivity contribution in [1.29, 1.82) is 0 Å². The van der Waals surface area contributed by atoms with Crippen LogP contribution in [0.1, 0.15) is 55.4 Å². The number of nitrogens with one attached hydrogen (secondary N) is 1. The summed E-state index contributed by atoms with van der Waals surface area (Å²) in [6.07, 6.45) is 0. The normalized spacial score (nSPS) is 8.29. The molecule has 13 nitrogen and oxygen atoms in total. The standard InChI is InChI=1S/C7H6N4O.C7H5N3O3.4C2H6.H2O2/c8-7-9-5-3-1-2-4-6(5)11(12)10-7;11-7-8-10(13)6-4-2-1-3-5(6)9(7)12;5*1-2/h1-4H,(H2,8,9,10);1-4H,(H,8,11);4*1-2H3;1-2H. The molecule has 0 unspecified atom stereocenters. The zero-order valence-corrected chi connectivity index (χ0v) is 21.5. The Morgan fingerprint density at radius 2 is 1.20 bits per heavy atom. The highest BCUT2D eigenvalue weighted by Crippen LogP contribution is 2.05. The highest BCUT2D eigenvalue weighted by molar-refractivity contribution is 5.71. The SMILES string of the molecule is CC.CC.CC.CC.Nc1nc2ccccc2[n+]([O-])n1.O=c1[nH][n+]([O-])c2ccccc2[n+]1[O-].OO. The molecule has 0 atom stereocenters. The molecule has 2 aromatic carbocycles. The molecule has 4 aromatic rings. The number of benzene rings is 2. The van der Waals surface area contributed by atoms with Crippen molar-refractivity contribution in [3.8, 4) is 0 Å². The number of fused-ring (bicyclic) bond motifs is 2. The van der Waals surface area contributed by atoms with Crippen LogP contribution < -0.4 is 25.8 Å². The summed E-state index contributed by atoms with van der Waals surface area (Å²) < 4.78 is 0.143. The first-order chi connectivity index (χ1) is 17.0. The highest BCUT2D eigenvalue weighted by atomic mass is 17.0. The number of nitrogen functional groups attached to an aromatic ring is 1. The smallest absolute Gasteiger partial charge is 0.554 e. The molecule has 0 fully saturated rings. The molecule has 2 aromatic heterocycles. The molecule has 0 radical (unpaired) electrons. The van der Waals surface area contributed by atoms with E-state index in [1.165, 1.54) is 12.1 Å². The molecule has 4 rings (SSSR count). The molecular formula is C22H37N7O6. The first-order valence-corrected chi connectivity index (χ1v) is 11.1. The summed E-state index contributed by atoms with van der Waals surface area (Å²) >= 11 is 0. The lowest BCUT2D eigenvalue weighted by Crippen LogP contribution is -2.55. The number of aromatic amines is 1. The van der Waals surface area contributed by atoms with Crippen molar-refractivity contribution in [3.63, 3.8) is 0 Å². The van der Waals surface area contributed by atoms with Gasteiger partial charge in [0, 0.05) is 22.1 Å². The van der Waals surface area contributed by atoms with E-state index in [9.17, 15) is 20.4 Å². The van der Waals surface area contributed by atoms with Crippen molar-refractivity contribution in [1.82, 2.24) is 15.2 Å². The lowest BCUT2D eigenvalue weighted by molar-refractivity contribution is -0.689. The molecule has 0 spiro atoms. The van der Waals surface area contributed by atoms with E-state index in [4.69, 9.17) is 16.2 Å². The first kappa shape index (κ1) is 35.5. The number of para-hydroxylation sites is 4. The number of nitrogens with two attached hydrogens (primary N) is 1. The van der Waals surface area contributed by atoms with E-state index in [2.05, 4.69) is 10.1 Å². The van der Waals surface area contributed by atoms with Gasteiger partial charge in [-0.1, -0.05) is 79.7 Å². The zero-order chi connectivity index (χ0) is 28.0. The van der Waals surface area contributed by atoms with Gasteiger partial charge in [0.2, 0.25) is 5.52 Å². The molecule has 0 aliphatic rings. The van der Waals surface area contributed by atoms with E-state index in [1.807, 2.05) is 60.5 Å². The molecule has 196 valence electrons. The third kappa shape index (κ3) is 11.0. The number of aromatic nitrogens is 6. The zero-order valence-electron chi connectivity index (χ0n) is 21.5. The fourth-order valence-corrected chi connectivity index (χ4v) is 2.12. The van der Waals surface area contributed by atoms with Gasteiger partial charge in [0.1, 0.15) is 5.52 Å². The maximum atomic E-state index is 11.1. The molecule has 0 aliphatic carbocycles. The number of rotatable bonds is 0. The third-order valence-corrected chi connectivity index (χ3v) is 3.22. The second-order valence-electron chi connectivity index (χ2n) is 4.83. The van der Waals surface area contributed by atoms with Gasteiger partial charge in [-0.25, -0.2) is 4.98 Å². The van der Waals surface area contributed by atoms with Crippen molar-refractivity contribution >= 4 is 28.0 Å². The van der Waals surface area contributed by atoms with E-state index in [0.717, 1.165) is 0 Å². The molecule has 0 saturated carbocycles. The van der Waals surface area contributed by atoms with Crippen LogP contribution in [0.4, 0.5) is 5.95 Å². The van der Waals surface area contributed by atoms with Crippen LogP contribution >= 0.6 is 0 Å². The minimum Gasteiger partial charge on any atom is -0.707 e. The summed E-state index contributed by atoms with van der Waals surface area (Å²) in [6.45, 7) is 16.0. The Bertz CT molecular complexity index is 1140. The van der Waals surface area contributed by atoms with Gasteiger partial charge in [0.25, 0.3) is 11.5 Å². The van der Waals surface area contributed by atoms with Crippen molar-refractivity contribution in [2.75, 3.05) is 5.73 Å². The van der Waals surface area contributed by atoms with Gasteiger partial charge in [-0.2, -0.15) is 9.52 Å². The second kappa shape index (κ2) is 21.7. The van der Waals surface area contributed by atoms with Gasteiger partial charge >= 0.3 is 11.2 Å². The molecule has 0 aliphatic heterocycles. The molecule has 0 amide bonds. The van der Waals surface area contributed by atoms with E-state index in [0.29, 0.717) is 15.9 Å². The quantitative estimate of drug-likeness (QED) is 0.122. The molecule has 13 heteroatoms. The van der Waals surface area contributed by atoms with Crippen molar-refractivity contribution in [2.45, 2.75) is 55.4 Å². The summed E-state index contributed by atoms with van der Waals surface area (Å²) in [4.78, 5) is 15.5. The summed E-state index contributed by atoms with van der Waals surface area (Å²) in [7, 11) is 0. The van der Waals surface area contributed by atoms with Crippen molar-refractivity contribution in [3.05, 3.63) is 74.6 Å². The van der Waals surface area contributed by atoms with E-state index in [-0.39, 0.29) is 26.6 Å². The Kier molecular flexibility index (Phi) is 22.0. The molecule has 35 heavy (non-hydrogen) atoms. The number of H-pyrrole nitrogens is 1. The first-order valence-electron chi connectivity index (χ1n) is 11.1. The van der Waals surface area contributed by atoms with Crippen LogP contribution in [-0.2, 0) is 0 Å². The van der Waals surface area contributed by atoms with Crippen molar-refractivity contribution < 1.29 is 24.9 Å². The Balaban J connectivity index is -0.000000433. The fourth-order valence-electron chi connectivity index (χ4n) is 2.12. The monoisotopic (exact) mass is 495 g/mol. The Morgan fingerprint density at radius 1 is 0.771 bits per heavy atom. The van der Waals surface area contributed by atoms with Crippen LogP contribution in [-0.4, -0.2) is 25.7 Å². The lowest BCUT2D eigenvalue weighted by Gasteiger charge is -2.01. The summed E-state index contributed by atoms with van der Waals surface area (Å²) in [5.74, 6) is -0.0105. The number of hydrogen-bond donors (Lipinski definition) is 4. The van der Waals surface area contributed by atoms with Crippen molar-refractivity contribution in [2.24, 2.45) is 0 Å². The summed E-state index contributed by atoms with van der Waals surface area (Å²) in [6, 6.07) is 12.9. The topological polar surface area (TPSA) is 206 Å². The molecule has 2 heterocycles. The number of nitrogens with zero attached hydrogens (tertiary/aromatic N) is 5. The number of anilines is 1. The van der Waals surface area contributed by atoms with Gasteiger partial charge in [-0.3, -0.25) is 10.5 Å². The predicted molar refractivity (Wildman–Crippen MR) is 136 cm³/mol. The van der Waals surface area contributed by atoms with Crippen LogP contribution in [0.15, 0.2) is 53.3 Å². The molecule has 0 bridgehead atoms. The second-order valence-corrected chi connectivity index (χ2v) is 4.83. The average Bonchev–Trinajstić information content (AvgIpc) is 2.93.